The molecule has 1 N–H and O–H groups in total. The largest absolute Gasteiger partial charge is 0.356 e. The minimum absolute atomic E-state index is 0.292. The molecule has 22 heavy (non-hydrogen) atoms. The average molecular weight is 343 g/mol. The number of hydrogen-bond donors (Lipinski definition) is 1. The van der Waals surface area contributed by atoms with Gasteiger partial charge in [-0.1, -0.05) is 5.16 Å². The lowest BCUT2D eigenvalue weighted by Gasteiger charge is -2.09. The number of aryl methyl sites for hydroxylation is 1. The predicted molar refractivity (Wildman–Crippen MR) is 87.6 cm³/mol. The number of rotatable bonds is 7. The quantitative estimate of drug-likeness (QED) is 0.781. The zero-order valence-electron chi connectivity index (χ0n) is 13.2. The second-order valence-electron chi connectivity index (χ2n) is 5.43. The smallest absolute Gasteiger partial charge is 0.250 e. The van der Waals surface area contributed by atoms with Gasteiger partial charge in [-0.05, 0) is 47.0 Å². The van der Waals surface area contributed by atoms with Gasteiger partial charge in [0.2, 0.25) is 10.0 Å². The maximum Gasteiger partial charge on any atom is 0.250 e. The second kappa shape index (κ2) is 6.91. The molecule has 0 spiro atoms. The van der Waals surface area contributed by atoms with Crippen molar-refractivity contribution < 1.29 is 12.9 Å². The molecule has 2 rings (SSSR count). The Bertz CT molecular complexity index is 732. The first kappa shape index (κ1) is 17.1. The number of nitrogens with zero attached hydrogens (tertiary/aromatic N) is 2. The van der Waals surface area contributed by atoms with Crippen molar-refractivity contribution in [3.05, 3.63) is 22.7 Å². The van der Waals surface area contributed by atoms with Crippen molar-refractivity contribution >= 4 is 21.4 Å². The standard InChI is InChI=1S/C14H21N3O3S2/c1-10-11(2)16-20-14(10)12-8-13(21-9-12)22(18,19)15-6-5-7-17(3)4/h8-9,15H,5-7H2,1-4H3. The average Bonchev–Trinajstić information content (AvgIpc) is 3.04. The van der Waals surface area contributed by atoms with Crippen molar-refractivity contribution in [2.75, 3.05) is 27.2 Å². The summed E-state index contributed by atoms with van der Waals surface area (Å²) in [4.78, 5) is 2.02. The van der Waals surface area contributed by atoms with E-state index in [1.807, 2.05) is 32.8 Å². The molecule has 0 aliphatic carbocycles. The summed E-state index contributed by atoms with van der Waals surface area (Å²) < 4.78 is 32.7. The first-order valence-electron chi connectivity index (χ1n) is 6.97. The zero-order valence-corrected chi connectivity index (χ0v) is 14.8. The summed E-state index contributed by atoms with van der Waals surface area (Å²) in [5, 5.41) is 5.68. The third-order valence-corrected chi connectivity index (χ3v) is 6.23. The van der Waals surface area contributed by atoms with Gasteiger partial charge in [0.05, 0.1) is 5.69 Å². The Hall–Kier alpha value is -1.22. The molecule has 2 heterocycles. The molecule has 0 fully saturated rings. The van der Waals surface area contributed by atoms with Crippen molar-refractivity contribution in [2.45, 2.75) is 24.5 Å². The molecule has 2 aromatic heterocycles. The summed E-state index contributed by atoms with van der Waals surface area (Å²) in [5.74, 6) is 0.628. The minimum atomic E-state index is -3.46. The van der Waals surface area contributed by atoms with Crippen molar-refractivity contribution in [3.63, 3.8) is 0 Å². The van der Waals surface area contributed by atoms with Crippen LogP contribution in [0.5, 0.6) is 0 Å². The van der Waals surface area contributed by atoms with E-state index in [4.69, 9.17) is 4.52 Å². The molecule has 122 valence electrons. The third kappa shape index (κ3) is 3.95. The van der Waals surface area contributed by atoms with Gasteiger partial charge in [-0.3, -0.25) is 0 Å². The number of thiophene rings is 1. The summed E-state index contributed by atoms with van der Waals surface area (Å²) in [6.07, 6.45) is 0.769. The molecule has 0 aliphatic heterocycles. The van der Waals surface area contributed by atoms with Gasteiger partial charge >= 0.3 is 0 Å². The van der Waals surface area contributed by atoms with E-state index in [-0.39, 0.29) is 0 Å². The molecule has 8 heteroatoms. The van der Waals surface area contributed by atoms with Gasteiger partial charge in [0.25, 0.3) is 0 Å². The van der Waals surface area contributed by atoms with Crippen LogP contribution < -0.4 is 4.72 Å². The van der Waals surface area contributed by atoms with Gasteiger partial charge in [0.15, 0.2) is 5.76 Å². The Morgan fingerprint density at radius 1 is 1.36 bits per heavy atom. The fourth-order valence-corrected chi connectivity index (χ4v) is 4.21. The molecule has 0 amide bonds. The summed E-state index contributed by atoms with van der Waals surface area (Å²) in [6.45, 7) is 5.04. The molecule has 0 aromatic carbocycles. The summed E-state index contributed by atoms with van der Waals surface area (Å²) in [6, 6.07) is 1.63. The van der Waals surface area contributed by atoms with E-state index in [9.17, 15) is 8.42 Å². The van der Waals surface area contributed by atoms with Gasteiger partial charge in [-0.15, -0.1) is 11.3 Å². The van der Waals surface area contributed by atoms with E-state index in [0.717, 1.165) is 29.8 Å². The van der Waals surface area contributed by atoms with Crippen LogP contribution in [0, 0.1) is 13.8 Å². The maximum atomic E-state index is 12.3. The summed E-state index contributed by atoms with van der Waals surface area (Å²) in [5.41, 5.74) is 2.49. The normalized spacial score (nSPS) is 12.2. The molecule has 0 saturated heterocycles. The van der Waals surface area contributed by atoms with E-state index in [1.54, 1.807) is 11.4 Å². The molecule has 2 aromatic rings. The molecule has 0 aliphatic rings. The van der Waals surface area contributed by atoms with Crippen LogP contribution in [0.2, 0.25) is 0 Å². The van der Waals surface area contributed by atoms with Crippen LogP contribution >= 0.6 is 11.3 Å². The van der Waals surface area contributed by atoms with Crippen LogP contribution in [0.15, 0.2) is 20.2 Å². The van der Waals surface area contributed by atoms with Gasteiger partial charge in [-0.2, -0.15) is 0 Å². The van der Waals surface area contributed by atoms with Crippen molar-refractivity contribution in [1.82, 2.24) is 14.8 Å². The molecule has 6 nitrogen and oxygen atoms in total. The highest BCUT2D eigenvalue weighted by Gasteiger charge is 2.19. The molecular weight excluding hydrogens is 322 g/mol. The Labute approximate surface area is 135 Å². The van der Waals surface area contributed by atoms with Crippen LogP contribution in [0.4, 0.5) is 0 Å². The molecular formula is C14H21N3O3S2. The summed E-state index contributed by atoms with van der Waals surface area (Å²) >= 11 is 1.18. The fourth-order valence-electron chi connectivity index (χ4n) is 1.93. The van der Waals surface area contributed by atoms with Crippen LogP contribution in [-0.4, -0.2) is 45.7 Å². The number of sulfonamides is 1. The SMILES string of the molecule is Cc1noc(-c2csc(S(=O)(=O)NCCCN(C)C)c2)c1C. The van der Waals surface area contributed by atoms with Crippen molar-refractivity contribution in [1.29, 1.82) is 0 Å². The van der Waals surface area contributed by atoms with Crippen LogP contribution in [0.3, 0.4) is 0 Å². The molecule has 0 unspecified atom stereocenters. The second-order valence-corrected chi connectivity index (χ2v) is 8.34. The Kier molecular flexibility index (Phi) is 5.38. The van der Waals surface area contributed by atoms with Gasteiger partial charge in [-0.25, -0.2) is 13.1 Å². The van der Waals surface area contributed by atoms with E-state index in [2.05, 4.69) is 9.88 Å². The van der Waals surface area contributed by atoms with E-state index in [1.165, 1.54) is 11.3 Å². The molecule has 0 atom stereocenters. The van der Waals surface area contributed by atoms with E-state index < -0.39 is 10.0 Å². The Balaban J connectivity index is 2.08. The highest BCUT2D eigenvalue weighted by atomic mass is 32.2. The van der Waals surface area contributed by atoms with Gasteiger partial charge in [0, 0.05) is 23.1 Å². The van der Waals surface area contributed by atoms with Gasteiger partial charge < -0.3 is 9.42 Å². The van der Waals surface area contributed by atoms with Gasteiger partial charge in [0.1, 0.15) is 4.21 Å². The first-order chi connectivity index (χ1) is 10.3. The minimum Gasteiger partial charge on any atom is -0.356 e. The van der Waals surface area contributed by atoms with Crippen LogP contribution in [0.1, 0.15) is 17.7 Å². The number of nitrogens with one attached hydrogen (secondary N) is 1. The van der Waals surface area contributed by atoms with Crippen molar-refractivity contribution in [2.24, 2.45) is 0 Å². The van der Waals surface area contributed by atoms with Crippen molar-refractivity contribution in [3.8, 4) is 11.3 Å². The third-order valence-electron chi connectivity index (χ3n) is 3.33. The Morgan fingerprint density at radius 3 is 2.68 bits per heavy atom. The lowest BCUT2D eigenvalue weighted by atomic mass is 10.1. The number of hydrogen-bond acceptors (Lipinski definition) is 6. The Morgan fingerprint density at radius 2 is 2.09 bits per heavy atom. The monoisotopic (exact) mass is 343 g/mol. The maximum absolute atomic E-state index is 12.3. The van der Waals surface area contributed by atoms with E-state index in [0.29, 0.717) is 16.5 Å². The zero-order chi connectivity index (χ0) is 16.3. The highest BCUT2D eigenvalue weighted by molar-refractivity contribution is 7.91. The van der Waals surface area contributed by atoms with Crippen LogP contribution in [-0.2, 0) is 10.0 Å². The lowest BCUT2D eigenvalue weighted by molar-refractivity contribution is 0.400. The molecule has 0 saturated carbocycles. The highest BCUT2D eigenvalue weighted by Crippen LogP contribution is 2.31. The summed E-state index contributed by atoms with van der Waals surface area (Å²) in [7, 11) is 0.457. The molecule has 0 radical (unpaired) electrons. The predicted octanol–water partition coefficient (Wildman–Crippen LogP) is 2.25. The fraction of sp³-hybridized carbons (Fsp3) is 0.500. The number of aromatic nitrogens is 1. The topological polar surface area (TPSA) is 75.4 Å². The molecule has 0 bridgehead atoms. The first-order valence-corrected chi connectivity index (χ1v) is 9.33. The van der Waals surface area contributed by atoms with Crippen LogP contribution in [0.25, 0.3) is 11.3 Å². The lowest BCUT2D eigenvalue weighted by Crippen LogP contribution is -2.26. The van der Waals surface area contributed by atoms with E-state index >= 15 is 0 Å².